The van der Waals surface area contributed by atoms with Gasteiger partial charge in [0.1, 0.15) is 0 Å². The molecular weight excluding hydrogens is 266 g/mol. The molecule has 0 aliphatic carbocycles. The number of benzene rings is 1. The molecule has 21 heavy (non-hydrogen) atoms. The summed E-state index contributed by atoms with van der Waals surface area (Å²) in [6, 6.07) is 7.35. The smallest absolute Gasteiger partial charge is 0.228 e. The maximum absolute atomic E-state index is 12.0. The van der Waals surface area contributed by atoms with Crippen molar-refractivity contribution in [2.75, 3.05) is 25.0 Å². The van der Waals surface area contributed by atoms with E-state index in [1.165, 1.54) is 0 Å². The zero-order valence-electron chi connectivity index (χ0n) is 13.1. The predicted molar refractivity (Wildman–Crippen MR) is 84.9 cm³/mol. The zero-order chi connectivity index (χ0) is 15.8. The van der Waals surface area contributed by atoms with Gasteiger partial charge in [-0.15, -0.1) is 0 Å². The molecule has 116 valence electrons. The van der Waals surface area contributed by atoms with E-state index < -0.39 is 0 Å². The van der Waals surface area contributed by atoms with E-state index in [9.17, 15) is 9.59 Å². The quantitative estimate of drug-likeness (QED) is 0.801. The van der Waals surface area contributed by atoms with Crippen molar-refractivity contribution in [3.05, 3.63) is 29.8 Å². The fourth-order valence-corrected chi connectivity index (χ4v) is 1.94. The zero-order valence-corrected chi connectivity index (χ0v) is 13.1. The molecular formula is C16H25N3O2. The van der Waals surface area contributed by atoms with Gasteiger partial charge in [-0.05, 0) is 31.5 Å². The van der Waals surface area contributed by atoms with E-state index >= 15 is 0 Å². The first-order valence-corrected chi connectivity index (χ1v) is 7.39. The monoisotopic (exact) mass is 291 g/mol. The third kappa shape index (κ3) is 5.19. The first kappa shape index (κ1) is 17.2. The molecule has 0 radical (unpaired) electrons. The average Bonchev–Trinajstić information content (AvgIpc) is 2.49. The predicted octanol–water partition coefficient (Wildman–Crippen LogP) is 1.63. The molecule has 3 N–H and O–H groups in total. The van der Waals surface area contributed by atoms with Crippen molar-refractivity contribution in [2.24, 2.45) is 11.7 Å². The maximum atomic E-state index is 12.0. The minimum absolute atomic E-state index is 0.0931. The highest BCUT2D eigenvalue weighted by atomic mass is 16.2. The van der Waals surface area contributed by atoms with Crippen LogP contribution in [0.15, 0.2) is 24.3 Å². The van der Waals surface area contributed by atoms with Crippen LogP contribution in [0, 0.1) is 5.92 Å². The van der Waals surface area contributed by atoms with Crippen LogP contribution in [0.2, 0.25) is 0 Å². The summed E-state index contributed by atoms with van der Waals surface area (Å²) >= 11 is 0. The topological polar surface area (TPSA) is 75.4 Å². The summed E-state index contributed by atoms with van der Waals surface area (Å²) in [6.07, 6.45) is 0.384. The van der Waals surface area contributed by atoms with Crippen molar-refractivity contribution >= 4 is 17.5 Å². The Bertz CT molecular complexity index is 467. The third-order valence-electron chi connectivity index (χ3n) is 3.49. The SMILES string of the molecule is CCN(CC)C(=O)Cc1ccc(NC(=O)C(C)CN)cc1. The number of likely N-dealkylation sites (N-methyl/N-ethyl adjacent to an activating group) is 1. The number of nitrogens with zero attached hydrogens (tertiary/aromatic N) is 1. The number of anilines is 1. The van der Waals surface area contributed by atoms with E-state index in [-0.39, 0.29) is 17.7 Å². The minimum Gasteiger partial charge on any atom is -0.343 e. The van der Waals surface area contributed by atoms with Gasteiger partial charge >= 0.3 is 0 Å². The Morgan fingerprint density at radius 2 is 1.76 bits per heavy atom. The Labute approximate surface area is 126 Å². The van der Waals surface area contributed by atoms with Crippen LogP contribution in [0.4, 0.5) is 5.69 Å². The highest BCUT2D eigenvalue weighted by Gasteiger charge is 2.12. The normalized spacial score (nSPS) is 11.8. The average molecular weight is 291 g/mol. The number of carbonyl (C=O) groups excluding carboxylic acids is 2. The molecule has 0 bridgehead atoms. The van der Waals surface area contributed by atoms with Gasteiger partial charge in [0.25, 0.3) is 0 Å². The lowest BCUT2D eigenvalue weighted by Crippen LogP contribution is -2.31. The number of hydrogen-bond donors (Lipinski definition) is 2. The Morgan fingerprint density at radius 1 is 1.19 bits per heavy atom. The van der Waals surface area contributed by atoms with E-state index in [0.717, 1.165) is 24.3 Å². The van der Waals surface area contributed by atoms with Gasteiger partial charge in [0.2, 0.25) is 11.8 Å². The van der Waals surface area contributed by atoms with E-state index in [2.05, 4.69) is 5.32 Å². The first-order valence-electron chi connectivity index (χ1n) is 7.39. The summed E-state index contributed by atoms with van der Waals surface area (Å²) in [7, 11) is 0. The molecule has 2 amide bonds. The van der Waals surface area contributed by atoms with Crippen LogP contribution < -0.4 is 11.1 Å². The molecule has 1 unspecified atom stereocenters. The molecule has 0 aromatic heterocycles. The molecule has 5 nitrogen and oxygen atoms in total. The van der Waals surface area contributed by atoms with Crippen molar-refractivity contribution in [1.82, 2.24) is 4.90 Å². The molecule has 0 heterocycles. The number of rotatable bonds is 7. The van der Waals surface area contributed by atoms with Crippen molar-refractivity contribution in [3.8, 4) is 0 Å². The van der Waals surface area contributed by atoms with E-state index in [4.69, 9.17) is 5.73 Å². The minimum atomic E-state index is -0.214. The number of nitrogens with two attached hydrogens (primary N) is 1. The maximum Gasteiger partial charge on any atom is 0.228 e. The van der Waals surface area contributed by atoms with Crippen LogP contribution >= 0.6 is 0 Å². The van der Waals surface area contributed by atoms with Gasteiger partial charge in [0.15, 0.2) is 0 Å². The molecule has 0 aliphatic rings. The van der Waals surface area contributed by atoms with Crippen LogP contribution in [-0.4, -0.2) is 36.3 Å². The summed E-state index contributed by atoms with van der Waals surface area (Å²) in [5.74, 6) is -0.188. The Morgan fingerprint density at radius 3 is 2.24 bits per heavy atom. The van der Waals surface area contributed by atoms with Gasteiger partial charge < -0.3 is 16.0 Å². The van der Waals surface area contributed by atoms with Crippen LogP contribution in [-0.2, 0) is 16.0 Å². The largest absolute Gasteiger partial charge is 0.343 e. The summed E-state index contributed by atoms with van der Waals surface area (Å²) in [4.78, 5) is 25.5. The second kappa shape index (κ2) is 8.42. The highest BCUT2D eigenvalue weighted by Crippen LogP contribution is 2.12. The summed E-state index contributed by atoms with van der Waals surface area (Å²) in [6.45, 7) is 7.49. The number of nitrogens with one attached hydrogen (secondary N) is 1. The van der Waals surface area contributed by atoms with Crippen molar-refractivity contribution < 1.29 is 9.59 Å². The molecule has 5 heteroatoms. The summed E-state index contributed by atoms with van der Waals surface area (Å²) < 4.78 is 0. The van der Waals surface area contributed by atoms with E-state index in [0.29, 0.717) is 13.0 Å². The number of hydrogen-bond acceptors (Lipinski definition) is 3. The second-order valence-corrected chi connectivity index (χ2v) is 5.07. The lowest BCUT2D eigenvalue weighted by atomic mass is 10.1. The van der Waals surface area contributed by atoms with Crippen molar-refractivity contribution in [2.45, 2.75) is 27.2 Å². The van der Waals surface area contributed by atoms with Gasteiger partial charge in [0.05, 0.1) is 6.42 Å². The molecule has 0 aliphatic heterocycles. The molecule has 0 saturated carbocycles. The summed E-state index contributed by atoms with van der Waals surface area (Å²) in [5.41, 5.74) is 7.12. The molecule has 1 aromatic rings. The lowest BCUT2D eigenvalue weighted by Gasteiger charge is -2.18. The van der Waals surface area contributed by atoms with Crippen molar-refractivity contribution in [1.29, 1.82) is 0 Å². The third-order valence-corrected chi connectivity index (χ3v) is 3.49. The Hall–Kier alpha value is -1.88. The van der Waals surface area contributed by atoms with Gasteiger partial charge in [-0.1, -0.05) is 19.1 Å². The lowest BCUT2D eigenvalue weighted by molar-refractivity contribution is -0.130. The molecule has 0 saturated heterocycles. The number of carbonyl (C=O) groups is 2. The van der Waals surface area contributed by atoms with Crippen LogP contribution in [0.3, 0.4) is 0 Å². The molecule has 0 fully saturated rings. The van der Waals surface area contributed by atoms with Gasteiger partial charge in [0, 0.05) is 31.2 Å². The van der Waals surface area contributed by atoms with Gasteiger partial charge in [-0.2, -0.15) is 0 Å². The Kier molecular flexibility index (Phi) is 6.88. The van der Waals surface area contributed by atoms with Gasteiger partial charge in [-0.3, -0.25) is 9.59 Å². The van der Waals surface area contributed by atoms with E-state index in [1.807, 2.05) is 38.1 Å². The highest BCUT2D eigenvalue weighted by molar-refractivity contribution is 5.92. The van der Waals surface area contributed by atoms with Gasteiger partial charge in [-0.25, -0.2) is 0 Å². The fourth-order valence-electron chi connectivity index (χ4n) is 1.94. The van der Waals surface area contributed by atoms with Crippen LogP contribution in [0.1, 0.15) is 26.3 Å². The molecule has 1 rings (SSSR count). The number of amides is 2. The first-order chi connectivity index (χ1) is 10.0. The summed E-state index contributed by atoms with van der Waals surface area (Å²) in [5, 5.41) is 2.80. The fraction of sp³-hybridized carbons (Fsp3) is 0.500. The molecule has 1 aromatic carbocycles. The van der Waals surface area contributed by atoms with Crippen LogP contribution in [0.5, 0.6) is 0 Å². The molecule has 0 spiro atoms. The van der Waals surface area contributed by atoms with Crippen molar-refractivity contribution in [3.63, 3.8) is 0 Å². The van der Waals surface area contributed by atoms with E-state index in [1.54, 1.807) is 11.8 Å². The Balaban J connectivity index is 2.62. The standard InChI is InChI=1S/C16H25N3O2/c1-4-19(5-2)15(20)10-13-6-8-14(9-7-13)18-16(21)12(3)11-17/h6-9,12H,4-5,10-11,17H2,1-3H3,(H,18,21). The second-order valence-electron chi connectivity index (χ2n) is 5.07. The molecule has 1 atom stereocenters. The van der Waals surface area contributed by atoms with Crippen LogP contribution in [0.25, 0.3) is 0 Å².